The summed E-state index contributed by atoms with van der Waals surface area (Å²) in [6.45, 7) is 0.309. The van der Waals surface area contributed by atoms with E-state index in [1.54, 1.807) is 50.0 Å². The van der Waals surface area contributed by atoms with Crippen molar-refractivity contribution < 1.29 is 14.3 Å². The van der Waals surface area contributed by atoms with Gasteiger partial charge in [0.15, 0.2) is 0 Å². The van der Waals surface area contributed by atoms with E-state index in [2.05, 4.69) is 15.3 Å². The number of aromatic amines is 1. The Kier molecular flexibility index (Phi) is 4.81. The van der Waals surface area contributed by atoms with Gasteiger partial charge in [-0.25, -0.2) is 4.98 Å². The van der Waals surface area contributed by atoms with Crippen LogP contribution in [0.5, 0.6) is 11.5 Å². The highest BCUT2D eigenvalue weighted by atomic mass is 32.1. The van der Waals surface area contributed by atoms with Crippen molar-refractivity contribution in [3.05, 3.63) is 53.3 Å². The van der Waals surface area contributed by atoms with Gasteiger partial charge in [0.25, 0.3) is 5.91 Å². The molecule has 3 rings (SSSR count). The Labute approximate surface area is 143 Å². The predicted octanol–water partition coefficient (Wildman–Crippen LogP) is 3.09. The molecule has 6 nitrogen and oxygen atoms in total. The van der Waals surface area contributed by atoms with Crippen LogP contribution < -0.4 is 14.8 Å². The molecule has 0 spiro atoms. The lowest BCUT2D eigenvalue weighted by atomic mass is 10.2. The van der Waals surface area contributed by atoms with Crippen LogP contribution in [0.4, 0.5) is 0 Å². The number of methoxy groups -OCH3 is 2. The van der Waals surface area contributed by atoms with Crippen molar-refractivity contribution in [2.24, 2.45) is 0 Å². The molecule has 2 heterocycles. The summed E-state index contributed by atoms with van der Waals surface area (Å²) < 4.78 is 10.4. The third-order valence-corrected chi connectivity index (χ3v) is 4.35. The zero-order valence-electron chi connectivity index (χ0n) is 13.3. The van der Waals surface area contributed by atoms with E-state index in [-0.39, 0.29) is 5.91 Å². The van der Waals surface area contributed by atoms with Gasteiger partial charge in [0.05, 0.1) is 37.5 Å². The maximum absolute atomic E-state index is 12.3. The molecule has 2 aromatic heterocycles. The molecule has 24 heavy (non-hydrogen) atoms. The van der Waals surface area contributed by atoms with E-state index in [1.807, 2.05) is 17.5 Å². The van der Waals surface area contributed by atoms with E-state index >= 15 is 0 Å². The molecule has 0 atom stereocenters. The average molecular weight is 343 g/mol. The monoisotopic (exact) mass is 343 g/mol. The standard InChI is InChI=1S/C17H17N3O3S/c1-22-12-6-11(7-13(8-12)23-2)17(21)19-10-16-18-9-14(20-16)15-4-3-5-24-15/h3-9H,10H2,1-2H3,(H,18,20)(H,19,21). The number of carbonyl (C=O) groups is 1. The Morgan fingerprint density at radius 2 is 2.00 bits per heavy atom. The first-order chi connectivity index (χ1) is 11.7. The van der Waals surface area contributed by atoms with Gasteiger partial charge in [0, 0.05) is 11.6 Å². The van der Waals surface area contributed by atoms with Gasteiger partial charge in [-0.3, -0.25) is 4.79 Å². The highest BCUT2D eigenvalue weighted by Crippen LogP contribution is 2.23. The summed E-state index contributed by atoms with van der Waals surface area (Å²) in [4.78, 5) is 20.9. The largest absolute Gasteiger partial charge is 0.497 e. The Hall–Kier alpha value is -2.80. The topological polar surface area (TPSA) is 76.2 Å². The number of benzene rings is 1. The molecule has 0 aliphatic heterocycles. The zero-order valence-corrected chi connectivity index (χ0v) is 14.1. The van der Waals surface area contributed by atoms with Gasteiger partial charge in [0.1, 0.15) is 17.3 Å². The fraction of sp³-hybridized carbons (Fsp3) is 0.176. The van der Waals surface area contributed by atoms with Gasteiger partial charge < -0.3 is 19.8 Å². The first-order valence-electron chi connectivity index (χ1n) is 7.28. The number of carbonyl (C=O) groups excluding carboxylic acids is 1. The van der Waals surface area contributed by atoms with Gasteiger partial charge in [-0.1, -0.05) is 6.07 Å². The van der Waals surface area contributed by atoms with Gasteiger partial charge in [-0.15, -0.1) is 11.3 Å². The van der Waals surface area contributed by atoms with Crippen molar-refractivity contribution in [1.82, 2.24) is 15.3 Å². The van der Waals surface area contributed by atoms with Crippen molar-refractivity contribution in [3.8, 4) is 22.1 Å². The molecular weight excluding hydrogens is 326 g/mol. The van der Waals surface area contributed by atoms with Gasteiger partial charge in [-0.2, -0.15) is 0 Å². The molecule has 0 saturated heterocycles. The normalized spacial score (nSPS) is 10.4. The molecule has 1 amide bonds. The minimum Gasteiger partial charge on any atom is -0.497 e. The van der Waals surface area contributed by atoms with E-state index in [9.17, 15) is 4.79 Å². The Morgan fingerprint density at radius 1 is 1.25 bits per heavy atom. The predicted molar refractivity (Wildman–Crippen MR) is 92.6 cm³/mol. The molecule has 3 aromatic rings. The molecule has 0 fully saturated rings. The van der Waals surface area contributed by atoms with Crippen LogP contribution in [-0.2, 0) is 6.54 Å². The number of amides is 1. The SMILES string of the molecule is COc1cc(OC)cc(C(=O)NCc2ncc(-c3cccs3)[nH]2)c1. The lowest BCUT2D eigenvalue weighted by Crippen LogP contribution is -2.23. The Bertz CT molecular complexity index is 805. The highest BCUT2D eigenvalue weighted by Gasteiger charge is 2.11. The number of thiophene rings is 1. The molecule has 0 saturated carbocycles. The number of rotatable bonds is 6. The molecule has 0 bridgehead atoms. The lowest BCUT2D eigenvalue weighted by Gasteiger charge is -2.08. The van der Waals surface area contributed by atoms with Crippen LogP contribution in [0.25, 0.3) is 10.6 Å². The molecule has 1 aromatic carbocycles. The van der Waals surface area contributed by atoms with E-state index < -0.39 is 0 Å². The van der Waals surface area contributed by atoms with Crippen LogP contribution in [0.15, 0.2) is 41.9 Å². The maximum atomic E-state index is 12.3. The average Bonchev–Trinajstić information content (AvgIpc) is 3.30. The Balaban J connectivity index is 1.67. The molecular formula is C17H17N3O3S. The van der Waals surface area contributed by atoms with Crippen LogP contribution in [0, 0.1) is 0 Å². The summed E-state index contributed by atoms with van der Waals surface area (Å²) in [5.41, 5.74) is 1.41. The quantitative estimate of drug-likeness (QED) is 0.721. The first-order valence-corrected chi connectivity index (χ1v) is 8.16. The molecule has 0 unspecified atom stereocenters. The number of hydrogen-bond acceptors (Lipinski definition) is 5. The molecule has 0 radical (unpaired) electrons. The minimum absolute atomic E-state index is 0.221. The van der Waals surface area contributed by atoms with Crippen molar-refractivity contribution in [2.45, 2.75) is 6.54 Å². The van der Waals surface area contributed by atoms with Crippen LogP contribution in [0.1, 0.15) is 16.2 Å². The number of imidazole rings is 1. The number of nitrogens with one attached hydrogen (secondary N) is 2. The van der Waals surface area contributed by atoms with E-state index in [4.69, 9.17) is 9.47 Å². The first kappa shape index (κ1) is 16.1. The van der Waals surface area contributed by atoms with Gasteiger partial charge in [0.2, 0.25) is 0 Å². The summed E-state index contributed by atoms with van der Waals surface area (Å²) in [6.07, 6.45) is 1.77. The fourth-order valence-electron chi connectivity index (χ4n) is 2.21. The molecule has 124 valence electrons. The summed E-state index contributed by atoms with van der Waals surface area (Å²) in [7, 11) is 3.09. The third kappa shape index (κ3) is 3.57. The molecule has 2 N–H and O–H groups in total. The van der Waals surface area contributed by atoms with Crippen LogP contribution in [-0.4, -0.2) is 30.1 Å². The number of aromatic nitrogens is 2. The summed E-state index contributed by atoms with van der Waals surface area (Å²) in [6, 6.07) is 9.05. The summed E-state index contributed by atoms with van der Waals surface area (Å²) in [5, 5.41) is 4.84. The number of H-pyrrole nitrogens is 1. The van der Waals surface area contributed by atoms with Crippen molar-refractivity contribution in [3.63, 3.8) is 0 Å². The maximum Gasteiger partial charge on any atom is 0.251 e. The van der Waals surface area contributed by atoms with Crippen molar-refractivity contribution in [2.75, 3.05) is 14.2 Å². The van der Waals surface area contributed by atoms with Crippen molar-refractivity contribution >= 4 is 17.2 Å². The van der Waals surface area contributed by atoms with Crippen LogP contribution >= 0.6 is 11.3 Å². The molecule has 0 aliphatic rings. The van der Waals surface area contributed by atoms with Crippen LogP contribution in [0.3, 0.4) is 0 Å². The zero-order chi connectivity index (χ0) is 16.9. The molecule has 7 heteroatoms. The summed E-state index contributed by atoms with van der Waals surface area (Å²) >= 11 is 1.63. The molecule has 0 aliphatic carbocycles. The fourth-order valence-corrected chi connectivity index (χ4v) is 2.91. The number of hydrogen-bond donors (Lipinski definition) is 2. The smallest absolute Gasteiger partial charge is 0.251 e. The Morgan fingerprint density at radius 3 is 2.62 bits per heavy atom. The minimum atomic E-state index is -0.221. The van der Waals surface area contributed by atoms with E-state index in [0.717, 1.165) is 10.6 Å². The lowest BCUT2D eigenvalue weighted by molar-refractivity contribution is 0.0949. The second-order valence-corrected chi connectivity index (χ2v) is 5.95. The van der Waals surface area contributed by atoms with Crippen molar-refractivity contribution in [1.29, 1.82) is 0 Å². The second-order valence-electron chi connectivity index (χ2n) is 5.00. The van der Waals surface area contributed by atoms with E-state index in [1.165, 1.54) is 0 Å². The van der Waals surface area contributed by atoms with Crippen LogP contribution in [0.2, 0.25) is 0 Å². The highest BCUT2D eigenvalue weighted by molar-refractivity contribution is 7.13. The third-order valence-electron chi connectivity index (χ3n) is 3.45. The van der Waals surface area contributed by atoms with Gasteiger partial charge in [-0.05, 0) is 23.6 Å². The van der Waals surface area contributed by atoms with Gasteiger partial charge >= 0.3 is 0 Å². The number of ether oxygens (including phenoxy) is 2. The summed E-state index contributed by atoms with van der Waals surface area (Å²) in [5.74, 6) is 1.61. The number of nitrogens with zero attached hydrogens (tertiary/aromatic N) is 1. The second kappa shape index (κ2) is 7.18. The van der Waals surface area contributed by atoms with E-state index in [0.29, 0.717) is 29.4 Å².